The van der Waals surface area contributed by atoms with Gasteiger partial charge in [0.05, 0.1) is 11.8 Å². The van der Waals surface area contributed by atoms with Gasteiger partial charge < -0.3 is 4.74 Å². The molecule has 3 aromatic carbocycles. The summed E-state index contributed by atoms with van der Waals surface area (Å²) < 4.78 is 7.40. The van der Waals surface area contributed by atoms with Gasteiger partial charge in [-0.1, -0.05) is 76.1 Å². The third kappa shape index (κ3) is 2.93. The van der Waals surface area contributed by atoms with E-state index in [-0.39, 0.29) is 12.3 Å². The summed E-state index contributed by atoms with van der Waals surface area (Å²) in [6, 6.07) is 24.4. The van der Waals surface area contributed by atoms with Gasteiger partial charge in [-0.2, -0.15) is 5.10 Å². The van der Waals surface area contributed by atoms with Crippen molar-refractivity contribution in [3.8, 4) is 5.75 Å². The van der Waals surface area contributed by atoms with Crippen LogP contribution in [0.15, 0.2) is 82.4 Å². The third-order valence-corrected chi connectivity index (χ3v) is 5.92. The Morgan fingerprint density at radius 1 is 0.926 bits per heavy atom. The zero-order valence-electron chi connectivity index (χ0n) is 14.3. The molecule has 27 heavy (non-hydrogen) atoms. The van der Waals surface area contributed by atoms with Crippen LogP contribution in [0.3, 0.4) is 0 Å². The maximum Gasteiger partial charge on any atom is 0.215 e. The largest absolute Gasteiger partial charge is 0.464 e. The molecule has 0 radical (unpaired) electrons. The summed E-state index contributed by atoms with van der Waals surface area (Å²) in [5.74, 6) is 0.899. The molecule has 0 N–H and O–H groups in total. The van der Waals surface area contributed by atoms with Gasteiger partial charge in [0, 0.05) is 27.0 Å². The van der Waals surface area contributed by atoms with Crippen molar-refractivity contribution in [2.75, 3.05) is 0 Å². The molecular formula is C22H16BrClN2O. The van der Waals surface area contributed by atoms with Gasteiger partial charge in [0.15, 0.2) is 0 Å². The Bertz CT molecular complexity index is 1030. The van der Waals surface area contributed by atoms with E-state index in [4.69, 9.17) is 21.4 Å². The van der Waals surface area contributed by atoms with Crippen molar-refractivity contribution in [3.63, 3.8) is 0 Å². The highest BCUT2D eigenvalue weighted by Gasteiger charge is 2.41. The van der Waals surface area contributed by atoms with E-state index in [1.165, 1.54) is 0 Å². The Morgan fingerprint density at radius 2 is 1.63 bits per heavy atom. The summed E-state index contributed by atoms with van der Waals surface area (Å²) in [6.45, 7) is 0. The molecule has 3 aromatic rings. The molecule has 5 rings (SSSR count). The van der Waals surface area contributed by atoms with E-state index < -0.39 is 0 Å². The fraction of sp³-hybridized carbons (Fsp3) is 0.136. The summed E-state index contributed by atoms with van der Waals surface area (Å²) in [4.78, 5) is 0. The van der Waals surface area contributed by atoms with Crippen molar-refractivity contribution in [3.05, 3.63) is 99.0 Å². The van der Waals surface area contributed by atoms with Crippen LogP contribution in [0, 0.1) is 0 Å². The number of benzene rings is 3. The van der Waals surface area contributed by atoms with Gasteiger partial charge in [-0.3, -0.25) is 0 Å². The molecule has 5 heteroatoms. The van der Waals surface area contributed by atoms with Gasteiger partial charge in [0.2, 0.25) is 6.23 Å². The van der Waals surface area contributed by atoms with Crippen LogP contribution in [-0.2, 0) is 0 Å². The summed E-state index contributed by atoms with van der Waals surface area (Å²) in [7, 11) is 0. The highest BCUT2D eigenvalue weighted by atomic mass is 79.9. The predicted molar refractivity (Wildman–Crippen MR) is 111 cm³/mol. The molecule has 0 unspecified atom stereocenters. The van der Waals surface area contributed by atoms with E-state index in [0.717, 1.165) is 39.0 Å². The second kappa shape index (κ2) is 6.70. The summed E-state index contributed by atoms with van der Waals surface area (Å²) in [5.41, 5.74) is 4.28. The number of halogens is 2. The van der Waals surface area contributed by atoms with Crippen molar-refractivity contribution in [2.24, 2.45) is 5.10 Å². The fourth-order valence-electron chi connectivity index (χ4n) is 3.73. The molecule has 0 saturated heterocycles. The molecule has 3 nitrogen and oxygen atoms in total. The van der Waals surface area contributed by atoms with Crippen LogP contribution in [0.4, 0.5) is 0 Å². The van der Waals surface area contributed by atoms with E-state index in [0.29, 0.717) is 5.02 Å². The predicted octanol–water partition coefficient (Wildman–Crippen LogP) is 6.34. The Balaban J connectivity index is 1.61. The van der Waals surface area contributed by atoms with E-state index in [2.05, 4.69) is 39.1 Å². The smallest absolute Gasteiger partial charge is 0.215 e. The number of rotatable bonds is 2. The molecule has 0 aromatic heterocycles. The van der Waals surface area contributed by atoms with E-state index in [1.54, 1.807) is 0 Å². The SMILES string of the molecule is Clc1ccccc1[C@H]1Oc2ccccc2[C@H]2CC(c3ccc(Br)cc3)=NN21. The number of hydrogen-bond donors (Lipinski definition) is 0. The number of hydrazone groups is 1. The monoisotopic (exact) mass is 438 g/mol. The van der Waals surface area contributed by atoms with Gasteiger partial charge in [0.25, 0.3) is 0 Å². The van der Waals surface area contributed by atoms with Gasteiger partial charge in [0.1, 0.15) is 5.75 Å². The zero-order chi connectivity index (χ0) is 18.4. The van der Waals surface area contributed by atoms with Crippen LogP contribution in [0.25, 0.3) is 0 Å². The molecule has 0 bridgehead atoms. The van der Waals surface area contributed by atoms with Crippen LogP contribution in [0.5, 0.6) is 5.75 Å². The minimum atomic E-state index is -0.341. The molecule has 0 saturated carbocycles. The van der Waals surface area contributed by atoms with Crippen LogP contribution >= 0.6 is 27.5 Å². The Kier molecular flexibility index (Phi) is 4.18. The van der Waals surface area contributed by atoms with Crippen LogP contribution in [0.1, 0.15) is 35.4 Å². The van der Waals surface area contributed by atoms with Crippen molar-refractivity contribution in [2.45, 2.75) is 18.7 Å². The lowest BCUT2D eigenvalue weighted by Crippen LogP contribution is -2.33. The van der Waals surface area contributed by atoms with Gasteiger partial charge in [-0.15, -0.1) is 0 Å². The molecular weight excluding hydrogens is 424 g/mol. The normalized spacial score (nSPS) is 20.5. The first-order valence-corrected chi connectivity index (χ1v) is 9.99. The third-order valence-electron chi connectivity index (χ3n) is 5.05. The maximum absolute atomic E-state index is 6.49. The number of fused-ring (bicyclic) bond motifs is 3. The summed E-state index contributed by atoms with van der Waals surface area (Å²) in [5, 5.41) is 7.70. The molecule has 2 aliphatic heterocycles. The Hall–Kier alpha value is -2.30. The minimum absolute atomic E-state index is 0.134. The molecule has 2 aliphatic rings. The van der Waals surface area contributed by atoms with E-state index in [9.17, 15) is 0 Å². The zero-order valence-corrected chi connectivity index (χ0v) is 16.7. The van der Waals surface area contributed by atoms with Gasteiger partial charge >= 0.3 is 0 Å². The van der Waals surface area contributed by atoms with Crippen molar-refractivity contribution in [1.29, 1.82) is 0 Å². The minimum Gasteiger partial charge on any atom is -0.464 e. The van der Waals surface area contributed by atoms with E-state index >= 15 is 0 Å². The summed E-state index contributed by atoms with van der Waals surface area (Å²) >= 11 is 9.99. The molecule has 0 aliphatic carbocycles. The first-order chi connectivity index (χ1) is 13.2. The molecule has 0 spiro atoms. The van der Waals surface area contributed by atoms with Crippen LogP contribution in [0.2, 0.25) is 5.02 Å². The Labute approximate surface area is 171 Å². The number of ether oxygens (including phenoxy) is 1. The number of nitrogens with zero attached hydrogens (tertiary/aromatic N) is 2. The average Bonchev–Trinajstić information content (AvgIpc) is 3.14. The van der Waals surface area contributed by atoms with Crippen LogP contribution in [-0.4, -0.2) is 10.7 Å². The van der Waals surface area contributed by atoms with Gasteiger partial charge in [-0.05, 0) is 29.8 Å². The van der Waals surface area contributed by atoms with Crippen molar-refractivity contribution in [1.82, 2.24) is 5.01 Å². The number of hydrogen-bond acceptors (Lipinski definition) is 3. The molecule has 2 atom stereocenters. The lowest BCUT2D eigenvalue weighted by Gasteiger charge is -2.38. The first kappa shape index (κ1) is 16.8. The highest BCUT2D eigenvalue weighted by Crippen LogP contribution is 2.48. The lowest BCUT2D eigenvalue weighted by atomic mass is 9.96. The second-order valence-corrected chi connectivity index (χ2v) is 8.01. The summed E-state index contributed by atoms with van der Waals surface area (Å²) in [6.07, 6.45) is 0.495. The van der Waals surface area contributed by atoms with Gasteiger partial charge in [-0.25, -0.2) is 5.01 Å². The quantitative estimate of drug-likeness (QED) is 0.465. The van der Waals surface area contributed by atoms with Crippen LogP contribution < -0.4 is 4.74 Å². The van der Waals surface area contributed by atoms with E-state index in [1.807, 2.05) is 54.6 Å². The fourth-order valence-corrected chi connectivity index (χ4v) is 4.22. The molecule has 134 valence electrons. The highest BCUT2D eigenvalue weighted by molar-refractivity contribution is 9.10. The molecule has 2 heterocycles. The topological polar surface area (TPSA) is 24.8 Å². The second-order valence-electron chi connectivity index (χ2n) is 6.68. The van der Waals surface area contributed by atoms with Crippen molar-refractivity contribution >= 4 is 33.2 Å². The average molecular weight is 440 g/mol. The Morgan fingerprint density at radius 3 is 2.41 bits per heavy atom. The maximum atomic E-state index is 6.49. The first-order valence-electron chi connectivity index (χ1n) is 8.82. The molecule has 0 fully saturated rings. The molecule has 0 amide bonds. The standard InChI is InChI=1S/C22H16BrClN2O/c23-15-11-9-14(10-12-15)19-13-20-17-6-2-4-8-21(17)27-22(26(20)25-19)16-5-1-3-7-18(16)24/h1-12,20,22H,13H2/t20-,22-/m1/s1. The lowest BCUT2D eigenvalue weighted by molar-refractivity contribution is -0.0189. The van der Waals surface area contributed by atoms with Crippen molar-refractivity contribution < 1.29 is 4.74 Å². The number of para-hydroxylation sites is 1.